The van der Waals surface area contributed by atoms with Crippen LogP contribution >= 0.6 is 0 Å². The lowest BCUT2D eigenvalue weighted by Gasteiger charge is -2.23. The van der Waals surface area contributed by atoms with Crippen LogP contribution in [-0.4, -0.2) is 47.6 Å². The SMILES string of the molecule is Cc1ccccc1S(=O)(=O)N1CC[C@]2(C[C@@H](n3ccnc3)CO2)C1. The third-order valence-corrected chi connectivity index (χ3v) is 7.13. The van der Waals surface area contributed by atoms with Crippen molar-refractivity contribution in [1.82, 2.24) is 13.9 Å². The quantitative estimate of drug-likeness (QED) is 0.852. The largest absolute Gasteiger partial charge is 0.371 e. The highest BCUT2D eigenvalue weighted by Gasteiger charge is 2.49. The number of hydrogen-bond donors (Lipinski definition) is 0. The monoisotopic (exact) mass is 347 g/mol. The number of nitrogens with zero attached hydrogens (tertiary/aromatic N) is 3. The molecule has 2 aliphatic rings. The molecule has 0 saturated carbocycles. The standard InChI is InChI=1S/C17H21N3O3S/c1-14-4-2-3-5-16(14)24(21,22)20-8-6-17(12-20)10-15(11-23-17)19-9-7-18-13-19/h2-5,7,9,13,15H,6,8,10-12H2,1H3/t15-,17+/m1/s1. The van der Waals surface area contributed by atoms with Gasteiger partial charge in [0.2, 0.25) is 10.0 Å². The Morgan fingerprint density at radius 2 is 2.17 bits per heavy atom. The average molecular weight is 347 g/mol. The molecule has 0 aliphatic carbocycles. The van der Waals surface area contributed by atoms with Crippen molar-refractivity contribution >= 4 is 10.0 Å². The summed E-state index contributed by atoms with van der Waals surface area (Å²) < 4.78 is 35.6. The Bertz CT molecular complexity index is 835. The number of sulfonamides is 1. The van der Waals surface area contributed by atoms with Gasteiger partial charge < -0.3 is 9.30 Å². The summed E-state index contributed by atoms with van der Waals surface area (Å²) in [5, 5.41) is 0. The van der Waals surface area contributed by atoms with Gasteiger partial charge in [-0.15, -0.1) is 0 Å². The second-order valence-electron chi connectivity index (χ2n) is 6.72. The lowest BCUT2D eigenvalue weighted by molar-refractivity contribution is 0.0165. The van der Waals surface area contributed by atoms with E-state index in [1.54, 1.807) is 29.0 Å². The number of hydrogen-bond acceptors (Lipinski definition) is 4. The number of aryl methyl sites for hydroxylation is 1. The van der Waals surface area contributed by atoms with E-state index in [4.69, 9.17) is 4.74 Å². The van der Waals surface area contributed by atoms with Gasteiger partial charge in [-0.3, -0.25) is 0 Å². The van der Waals surface area contributed by atoms with Gasteiger partial charge in [0.25, 0.3) is 0 Å². The molecular weight excluding hydrogens is 326 g/mol. The molecule has 24 heavy (non-hydrogen) atoms. The summed E-state index contributed by atoms with van der Waals surface area (Å²) in [5.74, 6) is 0. The van der Waals surface area contributed by atoms with Crippen molar-refractivity contribution in [3.05, 3.63) is 48.5 Å². The van der Waals surface area contributed by atoms with Crippen LogP contribution in [0.15, 0.2) is 47.9 Å². The van der Waals surface area contributed by atoms with Crippen molar-refractivity contribution in [3.63, 3.8) is 0 Å². The van der Waals surface area contributed by atoms with Gasteiger partial charge in [-0.1, -0.05) is 18.2 Å². The van der Waals surface area contributed by atoms with Crippen LogP contribution in [0, 0.1) is 6.92 Å². The smallest absolute Gasteiger partial charge is 0.243 e. The zero-order chi connectivity index (χ0) is 16.8. The van der Waals surface area contributed by atoms with Gasteiger partial charge in [0.15, 0.2) is 0 Å². The molecule has 0 unspecified atom stereocenters. The Labute approximate surface area is 142 Å². The fraction of sp³-hybridized carbons (Fsp3) is 0.471. The molecule has 2 atom stereocenters. The van der Waals surface area contributed by atoms with Gasteiger partial charge >= 0.3 is 0 Å². The molecule has 0 N–H and O–H groups in total. The summed E-state index contributed by atoms with van der Waals surface area (Å²) in [5.41, 5.74) is 0.409. The van der Waals surface area contributed by atoms with Crippen molar-refractivity contribution in [2.45, 2.75) is 36.3 Å². The predicted molar refractivity (Wildman–Crippen MR) is 89.1 cm³/mol. The Kier molecular flexibility index (Phi) is 3.74. The molecule has 1 aromatic carbocycles. The van der Waals surface area contributed by atoms with Crippen LogP contribution in [0.5, 0.6) is 0 Å². The molecule has 2 aliphatic heterocycles. The number of benzene rings is 1. The van der Waals surface area contributed by atoms with Crippen molar-refractivity contribution in [1.29, 1.82) is 0 Å². The predicted octanol–water partition coefficient (Wildman–Crippen LogP) is 1.99. The fourth-order valence-electron chi connectivity index (χ4n) is 3.78. The molecule has 6 nitrogen and oxygen atoms in total. The van der Waals surface area contributed by atoms with E-state index in [1.165, 1.54) is 0 Å². The Balaban J connectivity index is 1.54. The van der Waals surface area contributed by atoms with E-state index < -0.39 is 10.0 Å². The van der Waals surface area contributed by atoms with Crippen molar-refractivity contribution in [3.8, 4) is 0 Å². The molecule has 1 aromatic heterocycles. The van der Waals surface area contributed by atoms with Gasteiger partial charge in [-0.25, -0.2) is 13.4 Å². The molecule has 7 heteroatoms. The Hall–Kier alpha value is -1.70. The van der Waals surface area contributed by atoms with E-state index in [1.807, 2.05) is 29.8 Å². The van der Waals surface area contributed by atoms with Crippen LogP contribution < -0.4 is 0 Å². The molecule has 2 aromatic rings. The molecule has 128 valence electrons. The van der Waals surface area contributed by atoms with Gasteiger partial charge in [0.05, 0.1) is 29.5 Å². The molecule has 4 rings (SSSR count). The second-order valence-corrected chi connectivity index (χ2v) is 8.62. The topological polar surface area (TPSA) is 64.4 Å². The van der Waals surface area contributed by atoms with Crippen LogP contribution in [0.1, 0.15) is 24.4 Å². The molecule has 0 bridgehead atoms. The van der Waals surface area contributed by atoms with E-state index in [0.717, 1.165) is 18.4 Å². The summed E-state index contributed by atoms with van der Waals surface area (Å²) in [7, 11) is -3.47. The van der Waals surface area contributed by atoms with Crippen molar-refractivity contribution in [2.75, 3.05) is 19.7 Å². The summed E-state index contributed by atoms with van der Waals surface area (Å²) in [4.78, 5) is 4.48. The maximum absolute atomic E-state index is 13.0. The molecule has 0 radical (unpaired) electrons. The molecule has 0 amide bonds. The van der Waals surface area contributed by atoms with Gasteiger partial charge in [0.1, 0.15) is 0 Å². The van der Waals surface area contributed by atoms with Gasteiger partial charge in [-0.2, -0.15) is 4.31 Å². The van der Waals surface area contributed by atoms with Crippen LogP contribution in [0.25, 0.3) is 0 Å². The molecular formula is C17H21N3O3S. The lowest BCUT2D eigenvalue weighted by atomic mass is 9.97. The van der Waals surface area contributed by atoms with Crippen LogP contribution in [-0.2, 0) is 14.8 Å². The van der Waals surface area contributed by atoms with E-state index >= 15 is 0 Å². The zero-order valence-electron chi connectivity index (χ0n) is 13.6. The summed E-state index contributed by atoms with van der Waals surface area (Å²) in [6.45, 7) is 3.37. The van der Waals surface area contributed by atoms with E-state index in [-0.39, 0.29) is 11.6 Å². The highest BCUT2D eigenvalue weighted by Crippen LogP contribution is 2.41. The first kappa shape index (κ1) is 15.8. The normalized spacial score (nSPS) is 28.0. The van der Waals surface area contributed by atoms with Crippen molar-refractivity contribution < 1.29 is 13.2 Å². The highest BCUT2D eigenvalue weighted by molar-refractivity contribution is 7.89. The maximum atomic E-state index is 13.0. The fourth-order valence-corrected chi connectivity index (χ4v) is 5.52. The van der Waals surface area contributed by atoms with Crippen LogP contribution in [0.3, 0.4) is 0 Å². The maximum Gasteiger partial charge on any atom is 0.243 e. The van der Waals surface area contributed by atoms with Crippen LogP contribution in [0.4, 0.5) is 0 Å². The number of rotatable bonds is 3. The summed E-state index contributed by atoms with van der Waals surface area (Å²) in [6.07, 6.45) is 7.05. The lowest BCUT2D eigenvalue weighted by Crippen LogP contribution is -2.36. The van der Waals surface area contributed by atoms with Crippen LogP contribution in [0.2, 0.25) is 0 Å². The van der Waals surface area contributed by atoms with E-state index in [9.17, 15) is 8.42 Å². The Morgan fingerprint density at radius 1 is 1.33 bits per heavy atom. The minimum absolute atomic E-state index is 0.230. The molecule has 3 heterocycles. The molecule has 1 spiro atoms. The number of imidazole rings is 1. The third-order valence-electron chi connectivity index (χ3n) is 5.13. The Morgan fingerprint density at radius 3 is 2.92 bits per heavy atom. The molecule has 2 fully saturated rings. The first-order chi connectivity index (χ1) is 11.5. The average Bonchev–Trinajstić information content (AvgIpc) is 3.29. The highest BCUT2D eigenvalue weighted by atomic mass is 32.2. The molecule has 2 saturated heterocycles. The second kappa shape index (κ2) is 5.68. The third kappa shape index (κ3) is 2.56. The van der Waals surface area contributed by atoms with Gasteiger partial charge in [0, 0.05) is 31.9 Å². The minimum Gasteiger partial charge on any atom is -0.371 e. The first-order valence-electron chi connectivity index (χ1n) is 8.17. The van der Waals surface area contributed by atoms with Crippen molar-refractivity contribution in [2.24, 2.45) is 0 Å². The zero-order valence-corrected chi connectivity index (χ0v) is 14.4. The first-order valence-corrected chi connectivity index (χ1v) is 9.61. The number of aromatic nitrogens is 2. The van der Waals surface area contributed by atoms with Gasteiger partial charge in [-0.05, 0) is 25.0 Å². The van der Waals surface area contributed by atoms with E-state index in [0.29, 0.717) is 24.6 Å². The summed E-state index contributed by atoms with van der Waals surface area (Å²) in [6, 6.07) is 7.37. The summed E-state index contributed by atoms with van der Waals surface area (Å²) >= 11 is 0. The number of ether oxygens (including phenoxy) is 1. The van der Waals surface area contributed by atoms with E-state index in [2.05, 4.69) is 4.98 Å². The minimum atomic E-state index is -3.47.